The molecule has 3 aromatic rings. The molecule has 0 bridgehead atoms. The quantitative estimate of drug-likeness (QED) is 0.655. The highest BCUT2D eigenvalue weighted by molar-refractivity contribution is 6.33. The fraction of sp³-hybridized carbons (Fsp3) is 0.263. The van der Waals surface area contributed by atoms with Crippen LogP contribution in [-0.2, 0) is 16.1 Å². The molecule has 1 heterocycles. The molecule has 0 atom stereocenters. The van der Waals surface area contributed by atoms with Crippen LogP contribution in [0.25, 0.3) is 21.8 Å². The highest BCUT2D eigenvalue weighted by Gasteiger charge is 2.18. The summed E-state index contributed by atoms with van der Waals surface area (Å²) in [5.74, 6) is 0.266. The summed E-state index contributed by atoms with van der Waals surface area (Å²) in [4.78, 5) is 25.2. The fourth-order valence-corrected chi connectivity index (χ4v) is 3.29. The maximum absolute atomic E-state index is 12.9. The third-order valence-electron chi connectivity index (χ3n) is 4.13. The molecule has 0 aliphatic heterocycles. The smallest absolute Gasteiger partial charge is 0.197 e. The summed E-state index contributed by atoms with van der Waals surface area (Å²) in [6.07, 6.45) is 0. The Labute approximate surface area is 149 Å². The van der Waals surface area contributed by atoms with Crippen molar-refractivity contribution in [2.75, 3.05) is 20.8 Å². The van der Waals surface area contributed by atoms with E-state index in [1.54, 1.807) is 22.8 Å². The summed E-state index contributed by atoms with van der Waals surface area (Å²) in [6, 6.07) is 8.84. The normalized spacial score (nSPS) is 11.2. The van der Waals surface area contributed by atoms with Gasteiger partial charge in [0.25, 0.3) is 0 Å². The lowest BCUT2D eigenvalue weighted by Crippen LogP contribution is -2.19. The molecule has 0 saturated heterocycles. The lowest BCUT2D eigenvalue weighted by atomic mass is 10.1. The molecule has 0 saturated carbocycles. The van der Waals surface area contributed by atoms with Crippen LogP contribution in [0.4, 0.5) is 0 Å². The zero-order valence-electron chi connectivity index (χ0n) is 14.3. The monoisotopic (exact) mass is 359 g/mol. The van der Waals surface area contributed by atoms with Gasteiger partial charge in [0.2, 0.25) is 0 Å². The number of hydrogen-bond acceptors (Lipinski definition) is 4. The first kappa shape index (κ1) is 17.5. The van der Waals surface area contributed by atoms with Crippen LogP contribution in [0.15, 0.2) is 35.1 Å². The molecule has 2 aromatic carbocycles. The van der Waals surface area contributed by atoms with E-state index in [9.17, 15) is 9.59 Å². The summed E-state index contributed by atoms with van der Waals surface area (Å²) < 4.78 is 12.2. The van der Waals surface area contributed by atoms with Gasteiger partial charge in [-0.1, -0.05) is 17.7 Å². The summed E-state index contributed by atoms with van der Waals surface area (Å²) in [7, 11) is 2.97. The second-order valence-electron chi connectivity index (χ2n) is 5.88. The maximum atomic E-state index is 12.9. The summed E-state index contributed by atoms with van der Waals surface area (Å²) in [5.41, 5.74) is 2.06. The fourth-order valence-electron chi connectivity index (χ4n) is 3.06. The van der Waals surface area contributed by atoms with E-state index in [1.165, 1.54) is 14.2 Å². The number of aromatic nitrogens is 1. The van der Waals surface area contributed by atoms with Gasteiger partial charge in [-0.3, -0.25) is 9.59 Å². The molecule has 25 heavy (non-hydrogen) atoms. The lowest BCUT2D eigenvalue weighted by Gasteiger charge is -2.18. The van der Waals surface area contributed by atoms with E-state index in [1.807, 2.05) is 19.1 Å². The molecule has 0 fully saturated rings. The van der Waals surface area contributed by atoms with Gasteiger partial charge in [0.15, 0.2) is 17.0 Å². The molecule has 0 spiro atoms. The van der Waals surface area contributed by atoms with E-state index >= 15 is 0 Å². The minimum absolute atomic E-state index is 0.0101. The number of benzene rings is 2. The van der Waals surface area contributed by atoms with Crippen molar-refractivity contribution >= 4 is 39.2 Å². The van der Waals surface area contributed by atoms with Crippen LogP contribution in [0.5, 0.6) is 5.75 Å². The molecular formula is C19H18ClNO4. The first-order valence-corrected chi connectivity index (χ1v) is 8.15. The van der Waals surface area contributed by atoms with Crippen LogP contribution in [0.2, 0.25) is 5.02 Å². The van der Waals surface area contributed by atoms with E-state index in [0.29, 0.717) is 32.6 Å². The van der Waals surface area contributed by atoms with E-state index in [0.717, 1.165) is 5.56 Å². The van der Waals surface area contributed by atoms with Crippen molar-refractivity contribution in [3.63, 3.8) is 0 Å². The third kappa shape index (κ3) is 3.01. The Kier molecular flexibility index (Phi) is 4.79. The van der Waals surface area contributed by atoms with Gasteiger partial charge in [-0.25, -0.2) is 0 Å². The Hall–Kier alpha value is -2.37. The number of ether oxygens (including phenoxy) is 2. The Morgan fingerprint density at radius 3 is 2.56 bits per heavy atom. The van der Waals surface area contributed by atoms with Gasteiger partial charge in [-0.15, -0.1) is 0 Å². The van der Waals surface area contributed by atoms with Gasteiger partial charge in [0, 0.05) is 12.5 Å². The zero-order chi connectivity index (χ0) is 18.1. The van der Waals surface area contributed by atoms with Crippen LogP contribution < -0.4 is 10.2 Å². The number of nitrogens with zero attached hydrogens (tertiary/aromatic N) is 1. The molecule has 0 amide bonds. The van der Waals surface area contributed by atoms with E-state index in [4.69, 9.17) is 21.1 Å². The molecule has 5 nitrogen and oxygen atoms in total. The van der Waals surface area contributed by atoms with Gasteiger partial charge < -0.3 is 14.0 Å². The van der Waals surface area contributed by atoms with Gasteiger partial charge in [-0.2, -0.15) is 0 Å². The van der Waals surface area contributed by atoms with E-state index in [2.05, 4.69) is 0 Å². The lowest BCUT2D eigenvalue weighted by molar-refractivity contribution is -0.123. The van der Waals surface area contributed by atoms with E-state index in [-0.39, 0.29) is 24.4 Å². The van der Waals surface area contributed by atoms with Crippen molar-refractivity contribution < 1.29 is 14.3 Å². The second-order valence-corrected chi connectivity index (χ2v) is 6.29. The number of carbonyl (C=O) groups is 1. The molecule has 0 N–H and O–H groups in total. The number of fused-ring (bicyclic) bond motifs is 2. The number of hydrogen-bond donors (Lipinski definition) is 0. The number of rotatable bonds is 5. The Morgan fingerprint density at radius 1 is 1.16 bits per heavy atom. The predicted octanol–water partition coefficient (Wildman–Crippen LogP) is 3.34. The van der Waals surface area contributed by atoms with Crippen molar-refractivity contribution in [1.29, 1.82) is 0 Å². The standard InChI is InChI=1S/C19H18ClNO4/c1-11-4-5-13-16(8-11)21(9-12(22)10-24-2)17-14(18(13)23)6-7-15(20)19(17)25-3/h4-8H,9-10H2,1-3H3. The van der Waals surface area contributed by atoms with Gasteiger partial charge in [0.05, 0.1) is 35.1 Å². The summed E-state index contributed by atoms with van der Waals surface area (Å²) in [5, 5.41) is 1.39. The molecule has 6 heteroatoms. The number of aryl methyl sites for hydroxylation is 1. The molecule has 0 aliphatic rings. The number of ketones is 1. The molecule has 1 aromatic heterocycles. The van der Waals surface area contributed by atoms with E-state index < -0.39 is 0 Å². The van der Waals surface area contributed by atoms with Gasteiger partial charge in [0.1, 0.15) is 6.61 Å². The predicted molar refractivity (Wildman–Crippen MR) is 98.9 cm³/mol. The number of methoxy groups -OCH3 is 2. The molecule has 0 radical (unpaired) electrons. The molecule has 0 unspecified atom stereocenters. The third-order valence-corrected chi connectivity index (χ3v) is 4.43. The van der Waals surface area contributed by atoms with Crippen LogP contribution in [-0.4, -0.2) is 31.2 Å². The van der Waals surface area contributed by atoms with Crippen molar-refractivity contribution in [2.45, 2.75) is 13.5 Å². The maximum Gasteiger partial charge on any atom is 0.197 e. The topological polar surface area (TPSA) is 57.5 Å². The minimum Gasteiger partial charge on any atom is -0.493 e. The first-order chi connectivity index (χ1) is 12.0. The SMILES string of the molecule is COCC(=O)Cn1c2cc(C)ccc2c(=O)c2ccc(Cl)c(OC)c21. The molecular weight excluding hydrogens is 342 g/mol. The van der Waals surface area contributed by atoms with Gasteiger partial charge in [-0.05, 0) is 36.8 Å². The Balaban J connectivity index is 2.49. The second kappa shape index (κ2) is 6.86. The molecule has 130 valence electrons. The Morgan fingerprint density at radius 2 is 1.88 bits per heavy atom. The number of Topliss-reactive ketones (excluding diaryl/α,β-unsaturated/α-hetero) is 1. The largest absolute Gasteiger partial charge is 0.493 e. The number of pyridine rings is 1. The highest BCUT2D eigenvalue weighted by Crippen LogP contribution is 2.34. The van der Waals surface area contributed by atoms with Crippen molar-refractivity contribution in [3.05, 3.63) is 51.1 Å². The van der Waals surface area contributed by atoms with Crippen LogP contribution in [0.3, 0.4) is 0 Å². The first-order valence-electron chi connectivity index (χ1n) is 7.78. The minimum atomic E-state index is -0.115. The van der Waals surface area contributed by atoms with Crippen LogP contribution in [0, 0.1) is 6.92 Å². The van der Waals surface area contributed by atoms with Crippen LogP contribution >= 0.6 is 11.6 Å². The van der Waals surface area contributed by atoms with Crippen molar-refractivity contribution in [3.8, 4) is 5.75 Å². The highest BCUT2D eigenvalue weighted by atomic mass is 35.5. The summed E-state index contributed by atoms with van der Waals surface area (Å²) >= 11 is 6.26. The van der Waals surface area contributed by atoms with Gasteiger partial charge >= 0.3 is 0 Å². The molecule has 0 aliphatic carbocycles. The average Bonchev–Trinajstić information content (AvgIpc) is 2.58. The number of carbonyl (C=O) groups excluding carboxylic acids is 1. The molecule has 3 rings (SSSR count). The summed E-state index contributed by atoms with van der Waals surface area (Å²) in [6.45, 7) is 1.98. The Bertz CT molecular complexity index is 1040. The average molecular weight is 360 g/mol. The van der Waals surface area contributed by atoms with Crippen molar-refractivity contribution in [2.24, 2.45) is 0 Å². The van der Waals surface area contributed by atoms with Crippen LogP contribution in [0.1, 0.15) is 5.56 Å². The zero-order valence-corrected chi connectivity index (χ0v) is 15.0. The van der Waals surface area contributed by atoms with Crippen molar-refractivity contribution in [1.82, 2.24) is 4.57 Å². The number of halogens is 1.